The maximum atomic E-state index is 12.9. The van der Waals surface area contributed by atoms with Crippen LogP contribution in [-0.4, -0.2) is 36.9 Å². The Morgan fingerprint density at radius 3 is 2.39 bits per heavy atom. The molecular formula is C25H31N3O3. The number of benzene rings is 2. The van der Waals surface area contributed by atoms with Crippen molar-refractivity contribution in [2.45, 2.75) is 51.6 Å². The summed E-state index contributed by atoms with van der Waals surface area (Å²) in [4.78, 5) is 39.6. The molecule has 0 radical (unpaired) electrons. The summed E-state index contributed by atoms with van der Waals surface area (Å²) in [5.74, 6) is -0.407. The van der Waals surface area contributed by atoms with E-state index in [4.69, 9.17) is 0 Å². The van der Waals surface area contributed by atoms with Gasteiger partial charge in [0.25, 0.3) is 11.8 Å². The van der Waals surface area contributed by atoms with Crippen molar-refractivity contribution >= 4 is 23.4 Å². The third-order valence-corrected chi connectivity index (χ3v) is 5.63. The smallest absolute Gasteiger partial charge is 0.258 e. The molecule has 6 nitrogen and oxygen atoms in total. The maximum Gasteiger partial charge on any atom is 0.258 e. The molecule has 3 rings (SSSR count). The number of carbonyl (C=O) groups is 3. The lowest BCUT2D eigenvalue weighted by atomic mass is 9.85. The maximum absolute atomic E-state index is 12.9. The normalized spacial score (nSPS) is 18.3. The van der Waals surface area contributed by atoms with Crippen molar-refractivity contribution in [3.05, 3.63) is 65.7 Å². The molecule has 0 saturated heterocycles. The van der Waals surface area contributed by atoms with E-state index in [2.05, 4.69) is 10.6 Å². The molecule has 164 valence electrons. The molecule has 0 heterocycles. The monoisotopic (exact) mass is 421 g/mol. The molecule has 31 heavy (non-hydrogen) atoms. The van der Waals surface area contributed by atoms with Gasteiger partial charge >= 0.3 is 0 Å². The molecule has 1 saturated carbocycles. The van der Waals surface area contributed by atoms with Gasteiger partial charge in [-0.3, -0.25) is 14.4 Å². The Bertz CT molecular complexity index is 927. The second-order valence-corrected chi connectivity index (χ2v) is 8.48. The molecule has 0 bridgehead atoms. The van der Waals surface area contributed by atoms with Gasteiger partial charge in [-0.15, -0.1) is 0 Å². The molecule has 1 aliphatic carbocycles. The summed E-state index contributed by atoms with van der Waals surface area (Å²) in [6.07, 6.45) is 3.24. The Morgan fingerprint density at radius 1 is 0.968 bits per heavy atom. The summed E-state index contributed by atoms with van der Waals surface area (Å²) in [5.41, 5.74) is 1.69. The van der Waals surface area contributed by atoms with Crippen molar-refractivity contribution in [2.24, 2.45) is 5.92 Å². The van der Waals surface area contributed by atoms with Gasteiger partial charge in [0.15, 0.2) is 0 Å². The van der Waals surface area contributed by atoms with Crippen molar-refractivity contribution < 1.29 is 14.4 Å². The summed E-state index contributed by atoms with van der Waals surface area (Å²) < 4.78 is 0. The number of carbonyl (C=O) groups excluding carboxylic acids is 3. The number of nitrogens with one attached hydrogen (secondary N) is 2. The third kappa shape index (κ3) is 5.94. The van der Waals surface area contributed by atoms with Gasteiger partial charge in [0.1, 0.15) is 0 Å². The fraction of sp³-hybridized carbons (Fsp3) is 0.400. The van der Waals surface area contributed by atoms with E-state index in [1.807, 2.05) is 44.2 Å². The Balaban J connectivity index is 1.65. The Morgan fingerprint density at radius 2 is 1.68 bits per heavy atom. The molecule has 0 aliphatic heterocycles. The first-order chi connectivity index (χ1) is 14.8. The van der Waals surface area contributed by atoms with Crippen LogP contribution in [0.3, 0.4) is 0 Å². The Labute approximate surface area is 184 Å². The molecule has 0 aromatic heterocycles. The zero-order chi connectivity index (χ0) is 22.4. The van der Waals surface area contributed by atoms with E-state index in [1.165, 1.54) is 0 Å². The first-order valence-electron chi connectivity index (χ1n) is 10.9. The van der Waals surface area contributed by atoms with E-state index >= 15 is 0 Å². The van der Waals surface area contributed by atoms with Gasteiger partial charge < -0.3 is 15.5 Å². The van der Waals surface area contributed by atoms with Crippen molar-refractivity contribution in [3.63, 3.8) is 0 Å². The fourth-order valence-corrected chi connectivity index (χ4v) is 3.99. The predicted molar refractivity (Wildman–Crippen MR) is 122 cm³/mol. The van der Waals surface area contributed by atoms with Crippen LogP contribution < -0.4 is 15.5 Å². The molecule has 1 aliphatic rings. The van der Waals surface area contributed by atoms with Gasteiger partial charge in [-0.05, 0) is 63.4 Å². The number of amides is 3. The minimum atomic E-state index is -0.216. The lowest BCUT2D eigenvalue weighted by Gasteiger charge is -2.29. The van der Waals surface area contributed by atoms with Crippen LogP contribution in [0.25, 0.3) is 0 Å². The molecule has 3 amide bonds. The van der Waals surface area contributed by atoms with Crippen LogP contribution in [0.4, 0.5) is 5.69 Å². The van der Waals surface area contributed by atoms with Gasteiger partial charge in [-0.25, -0.2) is 0 Å². The molecule has 6 heteroatoms. The van der Waals surface area contributed by atoms with E-state index in [0.717, 1.165) is 24.9 Å². The van der Waals surface area contributed by atoms with Gasteiger partial charge in [-0.1, -0.05) is 30.7 Å². The largest absolute Gasteiger partial charge is 0.354 e. The average molecular weight is 422 g/mol. The Kier molecular flexibility index (Phi) is 7.45. The minimum Gasteiger partial charge on any atom is -0.354 e. The van der Waals surface area contributed by atoms with E-state index < -0.39 is 0 Å². The molecule has 2 unspecified atom stereocenters. The summed E-state index contributed by atoms with van der Waals surface area (Å²) in [6, 6.07) is 16.2. The van der Waals surface area contributed by atoms with E-state index in [0.29, 0.717) is 17.5 Å². The van der Waals surface area contributed by atoms with Gasteiger partial charge in [0.05, 0.1) is 0 Å². The fourth-order valence-electron chi connectivity index (χ4n) is 3.99. The van der Waals surface area contributed by atoms with Crippen LogP contribution in [0.5, 0.6) is 0 Å². The van der Waals surface area contributed by atoms with Crippen molar-refractivity contribution in [1.82, 2.24) is 10.6 Å². The van der Waals surface area contributed by atoms with Crippen LogP contribution in [0.1, 0.15) is 60.2 Å². The van der Waals surface area contributed by atoms with Crippen molar-refractivity contribution in [1.29, 1.82) is 0 Å². The number of hydrogen-bond donors (Lipinski definition) is 2. The zero-order valence-electron chi connectivity index (χ0n) is 18.4. The number of anilines is 1. The average Bonchev–Trinajstić information content (AvgIpc) is 2.78. The number of hydrogen-bond acceptors (Lipinski definition) is 3. The summed E-state index contributed by atoms with van der Waals surface area (Å²) in [5, 5.41) is 6.02. The lowest BCUT2D eigenvalue weighted by molar-refractivity contribution is -0.126. The van der Waals surface area contributed by atoms with Crippen LogP contribution in [0.2, 0.25) is 0 Å². The molecule has 2 aromatic rings. The highest BCUT2D eigenvalue weighted by molar-refractivity contribution is 6.07. The Hall–Kier alpha value is -3.15. The molecule has 2 atom stereocenters. The van der Waals surface area contributed by atoms with Crippen LogP contribution >= 0.6 is 0 Å². The molecule has 2 aromatic carbocycles. The quantitative estimate of drug-likeness (QED) is 0.745. The highest BCUT2D eigenvalue weighted by atomic mass is 16.2. The van der Waals surface area contributed by atoms with E-state index in [9.17, 15) is 14.4 Å². The van der Waals surface area contributed by atoms with Gasteiger partial charge in [-0.2, -0.15) is 0 Å². The van der Waals surface area contributed by atoms with Crippen LogP contribution in [-0.2, 0) is 4.79 Å². The van der Waals surface area contributed by atoms with Gasteiger partial charge in [0.2, 0.25) is 5.91 Å². The highest BCUT2D eigenvalue weighted by Crippen LogP contribution is 2.25. The first kappa shape index (κ1) is 22.5. The van der Waals surface area contributed by atoms with Crippen LogP contribution in [0, 0.1) is 5.92 Å². The van der Waals surface area contributed by atoms with Crippen molar-refractivity contribution in [3.8, 4) is 0 Å². The number of para-hydroxylation sites is 1. The van der Waals surface area contributed by atoms with Gasteiger partial charge in [0, 0.05) is 41.9 Å². The van der Waals surface area contributed by atoms with E-state index in [1.54, 1.807) is 36.2 Å². The summed E-state index contributed by atoms with van der Waals surface area (Å²) in [7, 11) is 1.72. The zero-order valence-corrected chi connectivity index (χ0v) is 18.4. The summed E-state index contributed by atoms with van der Waals surface area (Å²) >= 11 is 0. The standard InChI is InChI=1S/C25H31N3O3/c1-17(2)26-23(29)19-10-8-12-21(16-19)27-24(30)18-9-7-11-20(15-18)25(31)28(3)22-13-5-4-6-14-22/h4-7,9,11,13-15,17,19,21H,8,10,12,16H2,1-3H3,(H,26,29)(H,27,30). The van der Waals surface area contributed by atoms with Crippen molar-refractivity contribution in [2.75, 3.05) is 11.9 Å². The minimum absolute atomic E-state index is 0.0458. The predicted octanol–water partition coefficient (Wildman–Crippen LogP) is 3.78. The third-order valence-electron chi connectivity index (χ3n) is 5.63. The second-order valence-electron chi connectivity index (χ2n) is 8.48. The highest BCUT2D eigenvalue weighted by Gasteiger charge is 2.28. The molecule has 0 spiro atoms. The number of rotatable bonds is 6. The second kappa shape index (κ2) is 10.2. The first-order valence-corrected chi connectivity index (χ1v) is 10.9. The topological polar surface area (TPSA) is 78.5 Å². The van der Waals surface area contributed by atoms with Crippen LogP contribution in [0.15, 0.2) is 54.6 Å². The lowest BCUT2D eigenvalue weighted by Crippen LogP contribution is -2.43. The van der Waals surface area contributed by atoms with E-state index in [-0.39, 0.29) is 35.7 Å². The molecule has 1 fully saturated rings. The SMILES string of the molecule is CC(C)NC(=O)C1CCCC(NC(=O)c2cccc(C(=O)N(C)c3ccccc3)c2)C1. The number of nitrogens with zero attached hydrogens (tertiary/aromatic N) is 1. The summed E-state index contributed by atoms with van der Waals surface area (Å²) in [6.45, 7) is 3.90. The molecular weight excluding hydrogens is 390 g/mol. The molecule has 2 N–H and O–H groups in total.